The smallest absolute Gasteiger partial charge is 0.115 e. The van der Waals surface area contributed by atoms with Gasteiger partial charge < -0.3 is 15.4 Å². The van der Waals surface area contributed by atoms with Crippen LogP contribution in [0.1, 0.15) is 11.1 Å². The first-order valence-corrected chi connectivity index (χ1v) is 6.82. The molecule has 0 amide bonds. The fraction of sp³-hybridized carbons (Fsp3) is 0.176. The van der Waals surface area contributed by atoms with Gasteiger partial charge in [0, 0.05) is 23.6 Å². The van der Waals surface area contributed by atoms with Crippen LogP contribution < -0.4 is 5.73 Å². The molecule has 2 aromatic carbocycles. The number of phenols is 1. The highest BCUT2D eigenvalue weighted by molar-refractivity contribution is 5.83. The molecule has 102 valence electrons. The molecule has 0 radical (unpaired) electrons. The molecular formula is C17H18N2O. The zero-order chi connectivity index (χ0) is 13.9. The number of aromatic nitrogens is 1. The van der Waals surface area contributed by atoms with Gasteiger partial charge in [-0.1, -0.05) is 24.3 Å². The first kappa shape index (κ1) is 12.8. The molecule has 0 aliphatic heterocycles. The Bertz CT molecular complexity index is 713. The van der Waals surface area contributed by atoms with Gasteiger partial charge in [0.05, 0.1) is 0 Å². The van der Waals surface area contributed by atoms with Crippen LogP contribution in [-0.2, 0) is 13.0 Å². The fourth-order valence-electron chi connectivity index (χ4n) is 2.60. The lowest BCUT2D eigenvalue weighted by molar-refractivity contribution is 0.475. The summed E-state index contributed by atoms with van der Waals surface area (Å²) in [6, 6.07) is 15.9. The lowest BCUT2D eigenvalue weighted by Gasteiger charge is -2.07. The maximum Gasteiger partial charge on any atom is 0.115 e. The summed E-state index contributed by atoms with van der Waals surface area (Å²) in [4.78, 5) is 0. The Kier molecular flexibility index (Phi) is 3.44. The monoisotopic (exact) mass is 266 g/mol. The first-order chi connectivity index (χ1) is 9.78. The predicted octanol–water partition coefficient (Wildman–Crippen LogP) is 2.90. The summed E-state index contributed by atoms with van der Waals surface area (Å²) in [5.41, 5.74) is 9.36. The van der Waals surface area contributed by atoms with Gasteiger partial charge in [-0.2, -0.15) is 0 Å². The highest BCUT2D eigenvalue weighted by Crippen LogP contribution is 2.22. The van der Waals surface area contributed by atoms with Crippen molar-refractivity contribution in [1.82, 2.24) is 4.57 Å². The second-order valence-corrected chi connectivity index (χ2v) is 5.00. The molecule has 20 heavy (non-hydrogen) atoms. The third-order valence-corrected chi connectivity index (χ3v) is 3.61. The molecule has 0 atom stereocenters. The molecule has 0 aliphatic rings. The lowest BCUT2D eigenvalue weighted by atomic mass is 10.1. The Morgan fingerprint density at radius 1 is 1.00 bits per heavy atom. The van der Waals surface area contributed by atoms with E-state index in [0.29, 0.717) is 12.3 Å². The Morgan fingerprint density at radius 2 is 1.80 bits per heavy atom. The molecule has 3 N–H and O–H groups in total. The number of phenolic OH excluding ortho intramolecular Hbond substituents is 1. The summed E-state index contributed by atoms with van der Waals surface area (Å²) in [7, 11) is 0. The summed E-state index contributed by atoms with van der Waals surface area (Å²) < 4.78 is 2.22. The van der Waals surface area contributed by atoms with E-state index >= 15 is 0 Å². The number of aromatic hydroxyl groups is 1. The summed E-state index contributed by atoms with van der Waals surface area (Å²) in [5, 5.41) is 10.6. The van der Waals surface area contributed by atoms with Crippen LogP contribution in [0.25, 0.3) is 10.9 Å². The van der Waals surface area contributed by atoms with Gasteiger partial charge in [-0.3, -0.25) is 0 Å². The van der Waals surface area contributed by atoms with E-state index in [1.807, 2.05) is 12.1 Å². The molecule has 0 unspecified atom stereocenters. The van der Waals surface area contributed by atoms with Crippen LogP contribution in [-0.4, -0.2) is 16.2 Å². The van der Waals surface area contributed by atoms with Gasteiger partial charge in [-0.15, -0.1) is 0 Å². The standard InChI is InChI=1S/C17H18N2O/c18-10-8-14-2-1-3-17-16(14)9-11-19(17)12-13-4-6-15(20)7-5-13/h1-7,9,11,20H,8,10,12,18H2. The number of nitrogens with zero attached hydrogens (tertiary/aromatic N) is 1. The van der Waals surface area contributed by atoms with Crippen molar-refractivity contribution in [3.8, 4) is 5.75 Å². The molecule has 0 spiro atoms. The van der Waals surface area contributed by atoms with E-state index < -0.39 is 0 Å². The zero-order valence-electron chi connectivity index (χ0n) is 11.3. The average molecular weight is 266 g/mol. The molecule has 0 bridgehead atoms. The number of hydrogen-bond donors (Lipinski definition) is 2. The third kappa shape index (κ3) is 2.40. The van der Waals surface area contributed by atoms with Crippen LogP contribution in [0.3, 0.4) is 0 Å². The molecular weight excluding hydrogens is 248 g/mol. The number of benzene rings is 2. The number of fused-ring (bicyclic) bond motifs is 1. The average Bonchev–Trinajstić information content (AvgIpc) is 2.86. The molecule has 1 heterocycles. The van der Waals surface area contributed by atoms with Crippen LogP contribution >= 0.6 is 0 Å². The molecule has 0 saturated heterocycles. The molecule has 1 aromatic heterocycles. The van der Waals surface area contributed by atoms with Gasteiger partial charge in [-0.05, 0) is 48.4 Å². The Labute approximate surface area is 118 Å². The van der Waals surface area contributed by atoms with E-state index in [-0.39, 0.29) is 0 Å². The highest BCUT2D eigenvalue weighted by atomic mass is 16.3. The van der Waals surface area contributed by atoms with E-state index in [2.05, 4.69) is 35.0 Å². The van der Waals surface area contributed by atoms with Crippen LogP contribution in [0.4, 0.5) is 0 Å². The fourth-order valence-corrected chi connectivity index (χ4v) is 2.60. The topological polar surface area (TPSA) is 51.2 Å². The summed E-state index contributed by atoms with van der Waals surface area (Å²) in [5.74, 6) is 0.302. The minimum absolute atomic E-state index is 0.302. The molecule has 3 nitrogen and oxygen atoms in total. The van der Waals surface area contributed by atoms with Crippen molar-refractivity contribution in [3.63, 3.8) is 0 Å². The largest absolute Gasteiger partial charge is 0.508 e. The quantitative estimate of drug-likeness (QED) is 0.763. The van der Waals surface area contributed by atoms with E-state index in [4.69, 9.17) is 5.73 Å². The van der Waals surface area contributed by atoms with Crippen molar-refractivity contribution in [2.24, 2.45) is 5.73 Å². The van der Waals surface area contributed by atoms with E-state index in [1.165, 1.54) is 22.0 Å². The number of hydrogen-bond acceptors (Lipinski definition) is 2. The first-order valence-electron chi connectivity index (χ1n) is 6.82. The Hall–Kier alpha value is -2.26. The van der Waals surface area contributed by atoms with Crippen molar-refractivity contribution in [2.75, 3.05) is 6.54 Å². The lowest BCUT2D eigenvalue weighted by Crippen LogP contribution is -2.03. The molecule has 3 rings (SSSR count). The minimum Gasteiger partial charge on any atom is -0.508 e. The Balaban J connectivity index is 1.96. The Morgan fingerprint density at radius 3 is 2.55 bits per heavy atom. The van der Waals surface area contributed by atoms with E-state index in [9.17, 15) is 5.11 Å². The zero-order valence-corrected chi connectivity index (χ0v) is 11.3. The van der Waals surface area contributed by atoms with Crippen molar-refractivity contribution in [1.29, 1.82) is 0 Å². The highest BCUT2D eigenvalue weighted by Gasteiger charge is 2.05. The number of nitrogens with two attached hydrogens (primary N) is 1. The van der Waals surface area contributed by atoms with Crippen molar-refractivity contribution >= 4 is 10.9 Å². The van der Waals surface area contributed by atoms with Crippen LogP contribution in [0.2, 0.25) is 0 Å². The molecule has 0 fully saturated rings. The van der Waals surface area contributed by atoms with Crippen molar-refractivity contribution in [3.05, 3.63) is 65.9 Å². The summed E-state index contributed by atoms with van der Waals surface area (Å²) in [6.45, 7) is 1.47. The molecule has 0 aliphatic carbocycles. The third-order valence-electron chi connectivity index (χ3n) is 3.61. The molecule has 3 heteroatoms. The van der Waals surface area contributed by atoms with Crippen LogP contribution in [0.5, 0.6) is 5.75 Å². The SMILES string of the molecule is NCCc1cccc2c1ccn2Cc1ccc(O)cc1. The maximum absolute atomic E-state index is 9.33. The van der Waals surface area contributed by atoms with Crippen LogP contribution in [0.15, 0.2) is 54.7 Å². The predicted molar refractivity (Wildman–Crippen MR) is 81.9 cm³/mol. The minimum atomic E-state index is 0.302. The molecule has 3 aromatic rings. The maximum atomic E-state index is 9.33. The van der Waals surface area contributed by atoms with Gasteiger partial charge in [0.1, 0.15) is 5.75 Å². The second-order valence-electron chi connectivity index (χ2n) is 5.00. The normalized spacial score (nSPS) is 11.1. The van der Waals surface area contributed by atoms with E-state index in [1.54, 1.807) is 12.1 Å². The van der Waals surface area contributed by atoms with Crippen LogP contribution in [0, 0.1) is 0 Å². The van der Waals surface area contributed by atoms with Gasteiger partial charge in [0.15, 0.2) is 0 Å². The van der Waals surface area contributed by atoms with Gasteiger partial charge in [0.2, 0.25) is 0 Å². The van der Waals surface area contributed by atoms with Crippen molar-refractivity contribution < 1.29 is 5.11 Å². The second kappa shape index (κ2) is 5.39. The van der Waals surface area contributed by atoms with E-state index in [0.717, 1.165) is 13.0 Å². The summed E-state index contributed by atoms with van der Waals surface area (Å²) in [6.07, 6.45) is 3.01. The van der Waals surface area contributed by atoms with Crippen molar-refractivity contribution in [2.45, 2.75) is 13.0 Å². The number of rotatable bonds is 4. The van der Waals surface area contributed by atoms with Gasteiger partial charge in [0.25, 0.3) is 0 Å². The van der Waals surface area contributed by atoms with Gasteiger partial charge in [-0.25, -0.2) is 0 Å². The summed E-state index contributed by atoms with van der Waals surface area (Å²) >= 11 is 0. The molecule has 0 saturated carbocycles. The van der Waals surface area contributed by atoms with Gasteiger partial charge >= 0.3 is 0 Å².